The smallest absolute Gasteiger partial charge is 0.418 e. The van der Waals surface area contributed by atoms with Gasteiger partial charge in [-0.1, -0.05) is 66.2 Å². The van der Waals surface area contributed by atoms with Gasteiger partial charge in [-0.15, -0.1) is 0 Å². The fraction of sp³-hybridized carbons (Fsp3) is 0.311. The number of aromatic nitrogens is 4. The first kappa shape index (κ1) is 56.2. The second-order valence-corrected chi connectivity index (χ2v) is 20.1. The average Bonchev–Trinajstić information content (AvgIpc) is 3.51. The topological polar surface area (TPSA) is 138 Å². The fourth-order valence-corrected chi connectivity index (χ4v) is 10.6. The van der Waals surface area contributed by atoms with Crippen molar-refractivity contribution >= 4 is 40.0 Å². The predicted molar refractivity (Wildman–Crippen MR) is 303 cm³/mol. The number of hydrogen-bond donors (Lipinski definition) is 1. The molecular weight excluding hydrogens is 1070 g/mol. The first-order valence-electron chi connectivity index (χ1n) is 26.3. The van der Waals surface area contributed by atoms with Gasteiger partial charge in [0.15, 0.2) is 11.6 Å². The number of aryl methyl sites for hydroxylation is 1. The Morgan fingerprint density at radius 3 is 1.79 bits per heavy atom. The summed E-state index contributed by atoms with van der Waals surface area (Å²) in [5.74, 6) is 2.36. The zero-order valence-corrected chi connectivity index (χ0v) is 46.4. The Balaban J connectivity index is 1.12. The van der Waals surface area contributed by atoms with Crippen molar-refractivity contribution in [2.45, 2.75) is 58.3 Å². The molecule has 1 fully saturated rings. The van der Waals surface area contributed by atoms with Crippen LogP contribution in [0.4, 0.5) is 35.0 Å². The molecule has 1 saturated heterocycles. The number of halogens is 5. The highest BCUT2D eigenvalue weighted by Gasteiger charge is 2.41. The molecule has 0 spiro atoms. The fourth-order valence-electron chi connectivity index (χ4n) is 10.2. The van der Waals surface area contributed by atoms with Crippen molar-refractivity contribution in [1.82, 2.24) is 25.3 Å². The van der Waals surface area contributed by atoms with Gasteiger partial charge in [-0.25, -0.2) is 14.4 Å². The van der Waals surface area contributed by atoms with E-state index in [0.29, 0.717) is 50.2 Å². The number of hydrogen-bond acceptors (Lipinski definition) is 15. The molecule has 1 N–H and O–H groups in total. The summed E-state index contributed by atoms with van der Waals surface area (Å²) >= 11 is 7.37. The Hall–Kier alpha value is -8.13. The van der Waals surface area contributed by atoms with Crippen LogP contribution in [0, 0.1) is 12.7 Å². The van der Waals surface area contributed by atoms with E-state index in [-0.39, 0.29) is 78.8 Å². The number of rotatable bonds is 20. The van der Waals surface area contributed by atoms with E-state index in [2.05, 4.69) is 15.2 Å². The van der Waals surface area contributed by atoms with Crippen LogP contribution in [0.15, 0.2) is 121 Å². The van der Waals surface area contributed by atoms with Crippen LogP contribution in [0.3, 0.4) is 0 Å². The summed E-state index contributed by atoms with van der Waals surface area (Å²) < 4.78 is 106. The molecule has 422 valence electrons. The number of anilines is 3. The molecule has 0 radical (unpaired) electrons. The molecule has 0 saturated carbocycles. The molecule has 0 bridgehead atoms. The zero-order chi connectivity index (χ0) is 56.8. The number of morpholine rings is 1. The zero-order valence-electron chi connectivity index (χ0n) is 45.7. The van der Waals surface area contributed by atoms with E-state index in [0.717, 1.165) is 39.3 Å². The van der Waals surface area contributed by atoms with Crippen LogP contribution in [-0.2, 0) is 37.1 Å². The van der Waals surface area contributed by atoms with Gasteiger partial charge in [0.1, 0.15) is 59.2 Å². The number of nitrogens with zero attached hydrogens (tertiary/aromatic N) is 7. The molecule has 5 aromatic carbocycles. The highest BCUT2D eigenvalue weighted by Crippen LogP contribution is 2.51. The molecule has 5 heterocycles. The van der Waals surface area contributed by atoms with Gasteiger partial charge in [-0.05, 0) is 102 Å². The highest BCUT2D eigenvalue weighted by molar-refractivity contribution is 6.36. The molecule has 0 amide bonds. The van der Waals surface area contributed by atoms with Crippen LogP contribution in [0.2, 0.25) is 5.02 Å². The molecule has 81 heavy (non-hydrogen) atoms. The lowest BCUT2D eigenvalue weighted by Crippen LogP contribution is -2.45. The number of benzene rings is 5. The third-order valence-corrected chi connectivity index (χ3v) is 14.8. The van der Waals surface area contributed by atoms with Crippen molar-refractivity contribution in [2.24, 2.45) is 0 Å². The third-order valence-electron chi connectivity index (χ3n) is 14.4. The second-order valence-electron chi connectivity index (χ2n) is 19.7. The van der Waals surface area contributed by atoms with Crippen molar-refractivity contribution in [1.29, 1.82) is 0 Å². The quantitative estimate of drug-likeness (QED) is 0.0724. The molecule has 8 aromatic rings. The summed E-state index contributed by atoms with van der Waals surface area (Å²) in [6.45, 7) is 6.16. The number of alkyl halides is 3. The maximum atomic E-state index is 18.4. The normalized spacial score (nSPS) is 14.7. The lowest BCUT2D eigenvalue weighted by atomic mass is 9.98. The van der Waals surface area contributed by atoms with E-state index < -0.39 is 39.9 Å². The SMILES string of the molecule is COc1ccc(CN(Cc2ccc(OC)cc2)c2cc(C)c(C(F)(F)F)c(-c3c(Cl)c4c5c(nc(OC[C@H]6COCCN6)nc5c3F)N([C@H](C)c3cccnc3N(Cc3ccc(OC)cc3)Cc3ccc(OC)cc3)CCO4)n2)cc1. The van der Waals surface area contributed by atoms with E-state index in [1.54, 1.807) is 58.9 Å². The summed E-state index contributed by atoms with van der Waals surface area (Å²) in [5, 5.41) is 2.95. The molecule has 0 unspecified atom stereocenters. The minimum absolute atomic E-state index is 0.0313. The summed E-state index contributed by atoms with van der Waals surface area (Å²) in [7, 11) is 6.36. The van der Waals surface area contributed by atoms with E-state index in [1.165, 1.54) is 13.0 Å². The van der Waals surface area contributed by atoms with Crippen molar-refractivity contribution in [3.8, 4) is 46.0 Å². The maximum Gasteiger partial charge on any atom is 0.418 e. The number of methoxy groups -OCH3 is 4. The van der Waals surface area contributed by atoms with Gasteiger partial charge < -0.3 is 53.2 Å². The van der Waals surface area contributed by atoms with Gasteiger partial charge in [-0.2, -0.15) is 23.1 Å². The lowest BCUT2D eigenvalue weighted by Gasteiger charge is -2.33. The molecule has 10 rings (SSSR count). The lowest BCUT2D eigenvalue weighted by molar-refractivity contribution is -0.137. The Morgan fingerprint density at radius 1 is 0.741 bits per heavy atom. The van der Waals surface area contributed by atoms with E-state index in [9.17, 15) is 0 Å². The van der Waals surface area contributed by atoms with Crippen molar-refractivity contribution < 1.29 is 50.7 Å². The molecular formula is C61H61ClF4N8O7. The van der Waals surface area contributed by atoms with Crippen LogP contribution in [0.5, 0.6) is 34.8 Å². The number of pyridine rings is 2. The van der Waals surface area contributed by atoms with Crippen LogP contribution >= 0.6 is 11.6 Å². The highest BCUT2D eigenvalue weighted by atomic mass is 35.5. The summed E-state index contributed by atoms with van der Waals surface area (Å²) in [5.41, 5.74) is 1.22. The molecule has 3 aromatic heterocycles. The molecule has 15 nitrogen and oxygen atoms in total. The maximum absolute atomic E-state index is 18.4. The van der Waals surface area contributed by atoms with Crippen LogP contribution in [-0.4, -0.2) is 93.9 Å². The van der Waals surface area contributed by atoms with Crippen molar-refractivity contribution in [3.63, 3.8) is 0 Å². The number of nitrogens with one attached hydrogen (secondary N) is 1. The van der Waals surface area contributed by atoms with Crippen LogP contribution in [0.25, 0.3) is 22.2 Å². The Kier molecular flexibility index (Phi) is 17.1. The molecule has 2 aliphatic heterocycles. The summed E-state index contributed by atoms with van der Waals surface area (Å²) in [6.07, 6.45) is -3.29. The predicted octanol–water partition coefficient (Wildman–Crippen LogP) is 12.0. The van der Waals surface area contributed by atoms with Gasteiger partial charge in [0.05, 0.1) is 87.5 Å². The standard InChI is InChI=1S/C61H61ClF4N8O7/c1-37-30-49(72(31-39-9-17-44(75-3)18-10-39)32-40-11-19-45(76-4)20-12-40)69-55(52(37)61(64,65)66)50-53(62)57-51-56(54(50)63)70-60(81-36-43-35-79-28-26-67-43)71-59(51)74(27-29-80-57)38(2)48-8-7-25-68-58(48)73(33-41-13-21-46(77-5)22-14-41)34-42-15-23-47(78-6)24-16-42/h7-25,30,38,43,67H,26-29,31-36H2,1-6H3/t38-,43-/m1/s1. The van der Waals surface area contributed by atoms with E-state index in [4.69, 9.17) is 59.7 Å². The van der Waals surface area contributed by atoms with Crippen LogP contribution < -0.4 is 48.4 Å². The molecule has 2 atom stereocenters. The minimum atomic E-state index is -5.02. The Bertz CT molecular complexity index is 3370. The van der Waals surface area contributed by atoms with Crippen molar-refractivity contribution in [2.75, 3.05) is 82.7 Å². The molecule has 0 aliphatic carbocycles. The Morgan fingerprint density at radius 2 is 1.28 bits per heavy atom. The van der Waals surface area contributed by atoms with Gasteiger partial charge in [0.2, 0.25) is 0 Å². The third kappa shape index (κ3) is 12.5. The first-order chi connectivity index (χ1) is 39.2. The average molecular weight is 1130 g/mol. The minimum Gasteiger partial charge on any atom is -0.497 e. The molecule has 20 heteroatoms. The van der Waals surface area contributed by atoms with E-state index in [1.807, 2.05) is 102 Å². The van der Waals surface area contributed by atoms with Crippen molar-refractivity contribution in [3.05, 3.63) is 171 Å². The van der Waals surface area contributed by atoms with Gasteiger partial charge in [0, 0.05) is 44.5 Å². The molecule has 2 aliphatic rings. The van der Waals surface area contributed by atoms with E-state index >= 15 is 17.6 Å². The number of ether oxygens (including phenoxy) is 7. The Labute approximate surface area is 472 Å². The first-order valence-corrected chi connectivity index (χ1v) is 26.7. The second kappa shape index (κ2) is 24.7. The van der Waals surface area contributed by atoms with Gasteiger partial charge >= 0.3 is 12.2 Å². The largest absolute Gasteiger partial charge is 0.497 e. The summed E-state index contributed by atoms with van der Waals surface area (Å²) in [4.78, 5) is 25.3. The van der Waals surface area contributed by atoms with Gasteiger partial charge in [-0.3, -0.25) is 0 Å². The summed E-state index contributed by atoms with van der Waals surface area (Å²) in [6, 6.07) is 34.4. The van der Waals surface area contributed by atoms with Gasteiger partial charge in [0.25, 0.3) is 0 Å². The monoisotopic (exact) mass is 1130 g/mol. The van der Waals surface area contributed by atoms with Crippen LogP contribution in [0.1, 0.15) is 51.9 Å².